The van der Waals surface area contributed by atoms with Crippen LogP contribution < -0.4 is 9.47 Å². The third-order valence-electron chi connectivity index (χ3n) is 5.46. The van der Waals surface area contributed by atoms with Crippen LogP contribution in [0.1, 0.15) is 90.0 Å². The Bertz CT molecular complexity index is 477. The smallest absolute Gasteiger partial charge is 0.122 e. The van der Waals surface area contributed by atoms with Crippen LogP contribution in [0.2, 0.25) is 0 Å². The Morgan fingerprint density at radius 1 is 1.00 bits per heavy atom. The zero-order chi connectivity index (χ0) is 17.9. The molecule has 1 fully saturated rings. The van der Waals surface area contributed by atoms with Crippen molar-refractivity contribution >= 4 is 0 Å². The van der Waals surface area contributed by atoms with Gasteiger partial charge in [0.2, 0.25) is 0 Å². The van der Waals surface area contributed by atoms with E-state index in [-0.39, 0.29) is 0 Å². The van der Waals surface area contributed by atoms with Gasteiger partial charge in [-0.05, 0) is 68.7 Å². The molecule has 1 aliphatic carbocycles. The Balaban J connectivity index is 1.98. The van der Waals surface area contributed by atoms with Gasteiger partial charge in [-0.1, -0.05) is 52.4 Å². The van der Waals surface area contributed by atoms with Gasteiger partial charge in [-0.2, -0.15) is 0 Å². The molecule has 0 spiro atoms. The Morgan fingerprint density at radius 2 is 1.76 bits per heavy atom. The summed E-state index contributed by atoms with van der Waals surface area (Å²) in [6.45, 7) is 7.41. The zero-order valence-corrected chi connectivity index (χ0v) is 16.7. The normalized spacial score (nSPS) is 16.6. The highest BCUT2D eigenvalue weighted by atomic mass is 16.5. The fourth-order valence-electron chi connectivity index (χ4n) is 3.83. The molecule has 2 rings (SSSR count). The number of ether oxygens (including phenoxy) is 2. The minimum absolute atomic E-state index is 0.386. The molecule has 25 heavy (non-hydrogen) atoms. The second-order valence-corrected chi connectivity index (χ2v) is 7.68. The standard InChI is InChI=1S/C23H38O2/c1-4-6-9-14-23(20-12-10-8-11-13-20)25-22-16-15-21(18-19(22)3)24-17-7-5-2/h15-16,18,20,23H,4-14,17H2,1-3H3. The van der Waals surface area contributed by atoms with Gasteiger partial charge in [0.1, 0.15) is 17.6 Å². The van der Waals surface area contributed by atoms with Crippen molar-refractivity contribution in [1.82, 2.24) is 0 Å². The second-order valence-electron chi connectivity index (χ2n) is 7.68. The van der Waals surface area contributed by atoms with Crippen LogP contribution in [-0.2, 0) is 0 Å². The van der Waals surface area contributed by atoms with Crippen LogP contribution >= 0.6 is 0 Å². The largest absolute Gasteiger partial charge is 0.494 e. The molecule has 1 aromatic carbocycles. The Kier molecular flexibility index (Phi) is 9.21. The van der Waals surface area contributed by atoms with Gasteiger partial charge < -0.3 is 9.47 Å². The topological polar surface area (TPSA) is 18.5 Å². The average Bonchev–Trinajstić information content (AvgIpc) is 2.64. The highest BCUT2D eigenvalue weighted by Gasteiger charge is 2.25. The molecule has 0 bridgehead atoms. The minimum Gasteiger partial charge on any atom is -0.494 e. The molecular formula is C23H38O2. The quantitative estimate of drug-likeness (QED) is 0.398. The van der Waals surface area contributed by atoms with Crippen LogP contribution in [0.25, 0.3) is 0 Å². The lowest BCUT2D eigenvalue weighted by Gasteiger charge is -2.31. The first kappa shape index (κ1) is 20.1. The first-order valence-electron chi connectivity index (χ1n) is 10.6. The van der Waals surface area contributed by atoms with E-state index in [0.717, 1.165) is 30.4 Å². The second kappa shape index (κ2) is 11.4. The first-order chi connectivity index (χ1) is 12.2. The van der Waals surface area contributed by atoms with Crippen molar-refractivity contribution in [3.8, 4) is 11.5 Å². The van der Waals surface area contributed by atoms with Crippen molar-refractivity contribution in [2.24, 2.45) is 5.92 Å². The third-order valence-corrected chi connectivity index (χ3v) is 5.46. The Morgan fingerprint density at radius 3 is 2.44 bits per heavy atom. The number of unbranched alkanes of at least 4 members (excludes halogenated alkanes) is 3. The van der Waals surface area contributed by atoms with Crippen LogP contribution in [0.5, 0.6) is 11.5 Å². The maximum Gasteiger partial charge on any atom is 0.122 e. The van der Waals surface area contributed by atoms with E-state index in [4.69, 9.17) is 9.47 Å². The van der Waals surface area contributed by atoms with Crippen LogP contribution in [-0.4, -0.2) is 12.7 Å². The summed E-state index contributed by atoms with van der Waals surface area (Å²) in [6.07, 6.45) is 14.6. The van der Waals surface area contributed by atoms with E-state index in [0.29, 0.717) is 6.10 Å². The predicted octanol–water partition coefficient (Wildman–Crippen LogP) is 7.08. The molecule has 0 aromatic heterocycles. The van der Waals surface area contributed by atoms with E-state index in [1.54, 1.807) is 0 Å². The molecular weight excluding hydrogens is 308 g/mol. The first-order valence-corrected chi connectivity index (χ1v) is 10.6. The lowest BCUT2D eigenvalue weighted by Crippen LogP contribution is -2.29. The molecule has 2 nitrogen and oxygen atoms in total. The summed E-state index contributed by atoms with van der Waals surface area (Å²) in [5.74, 6) is 2.76. The van der Waals surface area contributed by atoms with Gasteiger partial charge >= 0.3 is 0 Å². The van der Waals surface area contributed by atoms with Crippen molar-refractivity contribution in [3.05, 3.63) is 23.8 Å². The van der Waals surface area contributed by atoms with E-state index >= 15 is 0 Å². The molecule has 2 heteroatoms. The predicted molar refractivity (Wildman–Crippen MR) is 107 cm³/mol. The fourth-order valence-corrected chi connectivity index (χ4v) is 3.83. The summed E-state index contributed by atoms with van der Waals surface area (Å²) in [6, 6.07) is 6.32. The third kappa shape index (κ3) is 6.92. The van der Waals surface area contributed by atoms with E-state index < -0.39 is 0 Å². The molecule has 0 N–H and O–H groups in total. The summed E-state index contributed by atoms with van der Waals surface area (Å²) in [4.78, 5) is 0. The Labute approximate surface area is 155 Å². The van der Waals surface area contributed by atoms with E-state index in [2.05, 4.69) is 39.0 Å². The number of rotatable bonds is 11. The van der Waals surface area contributed by atoms with E-state index in [1.807, 2.05) is 0 Å². The lowest BCUT2D eigenvalue weighted by molar-refractivity contribution is 0.0962. The van der Waals surface area contributed by atoms with Crippen molar-refractivity contribution in [2.45, 2.75) is 97.5 Å². The van der Waals surface area contributed by atoms with Gasteiger partial charge in [-0.3, -0.25) is 0 Å². The highest BCUT2D eigenvalue weighted by Crippen LogP contribution is 2.33. The molecule has 1 aliphatic rings. The van der Waals surface area contributed by atoms with Gasteiger partial charge in [0, 0.05) is 0 Å². The van der Waals surface area contributed by atoms with E-state index in [9.17, 15) is 0 Å². The molecule has 0 saturated heterocycles. The van der Waals surface area contributed by atoms with Crippen molar-refractivity contribution in [2.75, 3.05) is 6.61 Å². The molecule has 1 aromatic rings. The van der Waals surface area contributed by atoms with Crippen molar-refractivity contribution < 1.29 is 9.47 Å². The average molecular weight is 347 g/mol. The highest BCUT2D eigenvalue weighted by molar-refractivity contribution is 5.39. The number of aryl methyl sites for hydroxylation is 1. The Hall–Kier alpha value is -1.18. The maximum atomic E-state index is 6.56. The SMILES string of the molecule is CCCCCC(Oc1ccc(OCCCC)cc1C)C1CCCCC1. The van der Waals surface area contributed by atoms with Crippen LogP contribution in [0.15, 0.2) is 18.2 Å². The molecule has 1 saturated carbocycles. The molecule has 1 unspecified atom stereocenters. The van der Waals surface area contributed by atoms with Gasteiger partial charge in [0.15, 0.2) is 0 Å². The zero-order valence-electron chi connectivity index (χ0n) is 16.7. The van der Waals surface area contributed by atoms with Crippen molar-refractivity contribution in [1.29, 1.82) is 0 Å². The monoisotopic (exact) mass is 346 g/mol. The van der Waals surface area contributed by atoms with Crippen LogP contribution in [0.3, 0.4) is 0 Å². The summed E-state index contributed by atoms with van der Waals surface area (Å²) < 4.78 is 12.4. The maximum absolute atomic E-state index is 6.56. The fraction of sp³-hybridized carbons (Fsp3) is 0.739. The molecule has 0 heterocycles. The van der Waals surface area contributed by atoms with Gasteiger partial charge in [0.25, 0.3) is 0 Å². The number of hydrogen-bond acceptors (Lipinski definition) is 2. The molecule has 142 valence electrons. The van der Waals surface area contributed by atoms with E-state index in [1.165, 1.54) is 69.8 Å². The molecule has 0 amide bonds. The summed E-state index contributed by atoms with van der Waals surface area (Å²) in [5.41, 5.74) is 1.20. The molecule has 0 radical (unpaired) electrons. The van der Waals surface area contributed by atoms with Gasteiger partial charge in [-0.25, -0.2) is 0 Å². The lowest BCUT2D eigenvalue weighted by atomic mass is 9.83. The summed E-state index contributed by atoms with van der Waals surface area (Å²) in [5, 5.41) is 0. The molecule has 0 aliphatic heterocycles. The summed E-state index contributed by atoms with van der Waals surface area (Å²) in [7, 11) is 0. The van der Waals surface area contributed by atoms with Crippen molar-refractivity contribution in [3.63, 3.8) is 0 Å². The minimum atomic E-state index is 0.386. The van der Waals surface area contributed by atoms with Crippen LogP contribution in [0.4, 0.5) is 0 Å². The number of benzene rings is 1. The molecule has 1 atom stereocenters. The number of hydrogen-bond donors (Lipinski definition) is 0. The van der Waals surface area contributed by atoms with Gasteiger partial charge in [0.05, 0.1) is 6.61 Å². The summed E-state index contributed by atoms with van der Waals surface area (Å²) >= 11 is 0. The van der Waals surface area contributed by atoms with Crippen LogP contribution in [0, 0.1) is 12.8 Å². The van der Waals surface area contributed by atoms with Gasteiger partial charge in [-0.15, -0.1) is 0 Å².